The van der Waals surface area contributed by atoms with Crippen molar-refractivity contribution in [3.63, 3.8) is 0 Å². The van der Waals surface area contributed by atoms with Gasteiger partial charge in [-0.3, -0.25) is 14.5 Å². The van der Waals surface area contributed by atoms with Crippen molar-refractivity contribution in [3.05, 3.63) is 42.2 Å². The Balaban J connectivity index is 1.26. The highest BCUT2D eigenvalue weighted by Crippen LogP contribution is 2.30. The Morgan fingerprint density at radius 1 is 0.939 bits per heavy atom. The molecule has 1 aromatic heterocycles. The molecular formula is C23H28F2N6O2. The molecule has 1 amide bonds. The molecule has 8 nitrogen and oxygen atoms in total. The van der Waals surface area contributed by atoms with Gasteiger partial charge >= 0.3 is 0 Å². The molecular weight excluding hydrogens is 430 g/mol. The summed E-state index contributed by atoms with van der Waals surface area (Å²) in [6, 6.07) is 8.70. The number of nitrogens with one attached hydrogen (secondary N) is 1. The summed E-state index contributed by atoms with van der Waals surface area (Å²) in [6.45, 7) is 5.15. The van der Waals surface area contributed by atoms with E-state index >= 15 is 0 Å². The Morgan fingerprint density at radius 3 is 2.09 bits per heavy atom. The number of rotatable bonds is 6. The Morgan fingerprint density at radius 2 is 1.52 bits per heavy atom. The highest BCUT2D eigenvalue weighted by atomic mass is 19.3. The third-order valence-electron chi connectivity index (χ3n) is 6.10. The lowest BCUT2D eigenvalue weighted by molar-refractivity contribution is -0.117. The number of piperazine rings is 1. The molecule has 176 valence electrons. The number of Topliss-reactive ketones (excluding diaryl/α,β-unsaturated/α-hetero) is 1. The van der Waals surface area contributed by atoms with Crippen molar-refractivity contribution in [2.45, 2.75) is 25.7 Å². The molecule has 2 aliphatic heterocycles. The zero-order valence-corrected chi connectivity index (χ0v) is 18.6. The molecule has 33 heavy (non-hydrogen) atoms. The maximum Gasteiger partial charge on any atom is 0.251 e. The molecule has 2 aromatic rings. The number of anilines is 3. The zero-order valence-electron chi connectivity index (χ0n) is 18.6. The van der Waals surface area contributed by atoms with Gasteiger partial charge < -0.3 is 15.1 Å². The number of nitrogens with zero attached hydrogens (tertiary/aromatic N) is 5. The standard InChI is InChI=1S/C23H28F2N6O2/c1-17(32)18-2-4-19(5-3-18)28-22(33)15-29-10-12-31(13-11-29)21-14-20(26-16-27-21)30-8-6-23(24,25)7-9-30/h2-5,14,16H,6-13,15H2,1H3,(H,28,33). The van der Waals surface area contributed by atoms with Crippen LogP contribution in [-0.2, 0) is 4.79 Å². The van der Waals surface area contributed by atoms with Crippen LogP contribution in [0.15, 0.2) is 36.7 Å². The molecule has 2 fully saturated rings. The second kappa shape index (κ2) is 9.78. The quantitative estimate of drug-likeness (QED) is 0.667. The van der Waals surface area contributed by atoms with Crippen molar-refractivity contribution in [2.24, 2.45) is 0 Å². The Hall–Kier alpha value is -3.14. The van der Waals surface area contributed by atoms with Crippen LogP contribution in [-0.4, -0.2) is 78.3 Å². The first kappa shape index (κ1) is 23.0. The highest BCUT2D eigenvalue weighted by molar-refractivity contribution is 5.96. The van der Waals surface area contributed by atoms with Crippen LogP contribution >= 0.6 is 0 Å². The summed E-state index contributed by atoms with van der Waals surface area (Å²) < 4.78 is 26.9. The smallest absolute Gasteiger partial charge is 0.251 e. The fraction of sp³-hybridized carbons (Fsp3) is 0.478. The SMILES string of the molecule is CC(=O)c1ccc(NC(=O)CN2CCN(c3cc(N4CCC(F)(F)CC4)ncn3)CC2)cc1. The summed E-state index contributed by atoms with van der Waals surface area (Å²) in [6.07, 6.45) is 1.16. The average molecular weight is 459 g/mol. The maximum absolute atomic E-state index is 13.4. The first-order valence-corrected chi connectivity index (χ1v) is 11.1. The van der Waals surface area contributed by atoms with E-state index in [1.807, 2.05) is 11.0 Å². The van der Waals surface area contributed by atoms with Gasteiger partial charge in [0.15, 0.2) is 5.78 Å². The Bertz CT molecular complexity index is 983. The lowest BCUT2D eigenvalue weighted by Crippen LogP contribution is -2.49. The molecule has 0 saturated carbocycles. The molecule has 2 saturated heterocycles. The van der Waals surface area contributed by atoms with Crippen LogP contribution in [0.3, 0.4) is 0 Å². The molecule has 4 rings (SSSR count). The Labute approximate surface area is 191 Å². The van der Waals surface area contributed by atoms with Crippen molar-refractivity contribution in [3.8, 4) is 0 Å². The number of benzene rings is 1. The minimum atomic E-state index is -2.59. The van der Waals surface area contributed by atoms with Crippen LogP contribution in [0.25, 0.3) is 0 Å². The first-order valence-electron chi connectivity index (χ1n) is 11.1. The predicted molar refractivity (Wildman–Crippen MR) is 122 cm³/mol. The third kappa shape index (κ3) is 6.01. The second-order valence-corrected chi connectivity index (χ2v) is 8.52. The van der Waals surface area contributed by atoms with Crippen molar-refractivity contribution in [2.75, 3.05) is 60.9 Å². The lowest BCUT2D eigenvalue weighted by Gasteiger charge is -2.36. The number of halogens is 2. The largest absolute Gasteiger partial charge is 0.356 e. The van der Waals surface area contributed by atoms with Crippen LogP contribution in [0.4, 0.5) is 26.1 Å². The summed E-state index contributed by atoms with van der Waals surface area (Å²) in [4.78, 5) is 38.5. The number of piperidine rings is 1. The highest BCUT2D eigenvalue weighted by Gasteiger charge is 2.34. The molecule has 2 aliphatic rings. The number of alkyl halides is 2. The number of carbonyl (C=O) groups is 2. The van der Waals surface area contributed by atoms with Crippen LogP contribution in [0, 0.1) is 0 Å². The average Bonchev–Trinajstić information content (AvgIpc) is 2.80. The van der Waals surface area contributed by atoms with Gasteiger partial charge in [0, 0.05) is 69.4 Å². The number of hydrogen-bond acceptors (Lipinski definition) is 7. The van der Waals surface area contributed by atoms with E-state index in [2.05, 4.69) is 25.1 Å². The monoisotopic (exact) mass is 458 g/mol. The van der Waals surface area contributed by atoms with E-state index in [-0.39, 0.29) is 44.2 Å². The van der Waals surface area contributed by atoms with Gasteiger partial charge in [-0.15, -0.1) is 0 Å². The van der Waals surface area contributed by atoms with Crippen molar-refractivity contribution in [1.29, 1.82) is 0 Å². The molecule has 0 radical (unpaired) electrons. The number of carbonyl (C=O) groups excluding carboxylic acids is 2. The van der Waals surface area contributed by atoms with E-state index in [0.717, 1.165) is 5.82 Å². The molecule has 0 bridgehead atoms. The van der Waals surface area contributed by atoms with Crippen molar-refractivity contribution < 1.29 is 18.4 Å². The van der Waals surface area contributed by atoms with Gasteiger partial charge in [0.2, 0.25) is 5.91 Å². The molecule has 0 atom stereocenters. The van der Waals surface area contributed by atoms with Crippen LogP contribution < -0.4 is 15.1 Å². The van der Waals surface area contributed by atoms with Gasteiger partial charge in [-0.2, -0.15) is 0 Å². The molecule has 10 heteroatoms. The minimum absolute atomic E-state index is 0.0148. The minimum Gasteiger partial charge on any atom is -0.356 e. The van der Waals surface area contributed by atoms with Gasteiger partial charge in [-0.25, -0.2) is 18.7 Å². The first-order chi connectivity index (χ1) is 15.8. The van der Waals surface area contributed by atoms with E-state index in [1.54, 1.807) is 24.3 Å². The fourth-order valence-corrected chi connectivity index (χ4v) is 4.07. The normalized spacial score (nSPS) is 18.8. The number of aromatic nitrogens is 2. The summed E-state index contributed by atoms with van der Waals surface area (Å²) in [5.74, 6) is -1.27. The van der Waals surface area contributed by atoms with Gasteiger partial charge in [0.25, 0.3) is 5.92 Å². The van der Waals surface area contributed by atoms with Gasteiger partial charge in [-0.05, 0) is 31.2 Å². The predicted octanol–water partition coefficient (Wildman–Crippen LogP) is 2.68. The number of amides is 1. The van der Waals surface area contributed by atoms with E-state index < -0.39 is 5.92 Å². The fourth-order valence-electron chi connectivity index (χ4n) is 4.07. The van der Waals surface area contributed by atoms with Crippen LogP contribution in [0.5, 0.6) is 0 Å². The molecule has 1 N–H and O–H groups in total. The van der Waals surface area contributed by atoms with Gasteiger partial charge in [0.05, 0.1) is 6.54 Å². The van der Waals surface area contributed by atoms with Gasteiger partial charge in [-0.1, -0.05) is 0 Å². The van der Waals surface area contributed by atoms with E-state index in [4.69, 9.17) is 0 Å². The summed E-state index contributed by atoms with van der Waals surface area (Å²) in [5.41, 5.74) is 1.27. The maximum atomic E-state index is 13.4. The van der Waals surface area contributed by atoms with E-state index in [9.17, 15) is 18.4 Å². The van der Waals surface area contributed by atoms with E-state index in [0.29, 0.717) is 43.2 Å². The number of hydrogen-bond donors (Lipinski definition) is 1. The molecule has 0 aliphatic carbocycles. The molecule has 1 aromatic carbocycles. The summed E-state index contributed by atoms with van der Waals surface area (Å²) >= 11 is 0. The van der Waals surface area contributed by atoms with Gasteiger partial charge in [0.1, 0.15) is 18.0 Å². The molecule has 0 spiro atoms. The number of ketones is 1. The zero-order chi connectivity index (χ0) is 23.4. The third-order valence-corrected chi connectivity index (χ3v) is 6.10. The summed E-state index contributed by atoms with van der Waals surface area (Å²) in [5, 5.41) is 2.86. The second-order valence-electron chi connectivity index (χ2n) is 8.52. The molecule has 0 unspecified atom stereocenters. The Kier molecular flexibility index (Phi) is 6.83. The summed E-state index contributed by atoms with van der Waals surface area (Å²) in [7, 11) is 0. The van der Waals surface area contributed by atoms with Crippen molar-refractivity contribution >= 4 is 29.0 Å². The molecule has 3 heterocycles. The van der Waals surface area contributed by atoms with Crippen LogP contribution in [0.2, 0.25) is 0 Å². The lowest BCUT2D eigenvalue weighted by atomic mass is 10.1. The van der Waals surface area contributed by atoms with E-state index in [1.165, 1.54) is 13.3 Å². The topological polar surface area (TPSA) is 81.7 Å². The van der Waals surface area contributed by atoms with Crippen molar-refractivity contribution in [1.82, 2.24) is 14.9 Å². The van der Waals surface area contributed by atoms with Crippen LogP contribution in [0.1, 0.15) is 30.1 Å².